The van der Waals surface area contributed by atoms with E-state index in [1.54, 1.807) is 0 Å². The molecule has 0 aliphatic carbocycles. The van der Waals surface area contributed by atoms with Crippen LogP contribution >= 0.6 is 0 Å². The van der Waals surface area contributed by atoms with Gasteiger partial charge in [-0.15, -0.1) is 0 Å². The lowest BCUT2D eigenvalue weighted by Crippen LogP contribution is -2.35. The van der Waals surface area contributed by atoms with E-state index in [1.807, 2.05) is 36.9 Å². The molecule has 2 saturated heterocycles. The predicted molar refractivity (Wildman–Crippen MR) is 110 cm³/mol. The van der Waals surface area contributed by atoms with Gasteiger partial charge >= 0.3 is 0 Å². The van der Waals surface area contributed by atoms with Crippen LogP contribution in [0.25, 0.3) is 0 Å². The van der Waals surface area contributed by atoms with Gasteiger partial charge in [-0.1, -0.05) is 20.8 Å². The Morgan fingerprint density at radius 1 is 1.11 bits per heavy atom. The predicted octanol–water partition coefficient (Wildman–Crippen LogP) is 4.14. The monoisotopic (exact) mass is 371 g/mol. The van der Waals surface area contributed by atoms with Crippen LogP contribution in [-0.4, -0.2) is 42.9 Å². The number of amides is 2. The molecular weight excluding hydrogens is 338 g/mol. The van der Waals surface area contributed by atoms with Crippen LogP contribution in [0.15, 0.2) is 18.2 Å². The highest BCUT2D eigenvalue weighted by Crippen LogP contribution is 2.30. The molecule has 2 fully saturated rings. The molecule has 0 saturated carbocycles. The first-order chi connectivity index (χ1) is 12.9. The highest BCUT2D eigenvalue weighted by molar-refractivity contribution is 6.02. The molecule has 0 radical (unpaired) electrons. The summed E-state index contributed by atoms with van der Waals surface area (Å²) in [6.45, 7) is 9.99. The third-order valence-electron chi connectivity index (χ3n) is 5.62. The van der Waals surface area contributed by atoms with Crippen molar-refractivity contribution in [3.05, 3.63) is 23.8 Å². The van der Waals surface area contributed by atoms with Crippen molar-refractivity contribution >= 4 is 23.2 Å². The summed E-state index contributed by atoms with van der Waals surface area (Å²) in [4.78, 5) is 29.6. The number of rotatable bonds is 5. The normalized spacial score (nSPS) is 18.2. The molecule has 2 heterocycles. The summed E-state index contributed by atoms with van der Waals surface area (Å²) in [5.41, 5.74) is 2.46. The quantitative estimate of drug-likeness (QED) is 0.846. The van der Waals surface area contributed by atoms with E-state index in [0.717, 1.165) is 74.7 Å². The van der Waals surface area contributed by atoms with Gasteiger partial charge in [-0.3, -0.25) is 9.59 Å². The second-order valence-corrected chi connectivity index (χ2v) is 8.55. The largest absolute Gasteiger partial charge is 0.371 e. The Bertz CT molecular complexity index is 672. The van der Waals surface area contributed by atoms with Crippen molar-refractivity contribution in [3.8, 4) is 0 Å². The van der Waals surface area contributed by atoms with E-state index in [1.165, 1.54) is 0 Å². The summed E-state index contributed by atoms with van der Waals surface area (Å²) in [6, 6.07) is 5.84. The maximum Gasteiger partial charge on any atom is 0.256 e. The maximum absolute atomic E-state index is 13.2. The van der Waals surface area contributed by atoms with Crippen LogP contribution in [-0.2, 0) is 4.79 Å². The molecule has 0 spiro atoms. The van der Waals surface area contributed by atoms with Crippen LogP contribution in [0, 0.1) is 11.8 Å². The Kier molecular flexibility index (Phi) is 6.40. The van der Waals surface area contributed by atoms with Crippen molar-refractivity contribution in [1.29, 1.82) is 0 Å². The molecular formula is C22H33N3O2. The molecule has 0 atom stereocenters. The Morgan fingerprint density at radius 3 is 2.41 bits per heavy atom. The fourth-order valence-corrected chi connectivity index (χ4v) is 3.98. The molecule has 0 unspecified atom stereocenters. The SMILES string of the molecule is CC(C)CC(=O)Nc1ccc(N2CCC(C)CC2)c(C(=O)N2CCCC2)c1. The van der Waals surface area contributed by atoms with Crippen LogP contribution in [0.1, 0.15) is 63.2 Å². The van der Waals surface area contributed by atoms with E-state index < -0.39 is 0 Å². The van der Waals surface area contributed by atoms with E-state index in [2.05, 4.69) is 17.1 Å². The van der Waals surface area contributed by atoms with Gasteiger partial charge in [0.15, 0.2) is 0 Å². The maximum atomic E-state index is 13.2. The number of hydrogen-bond donors (Lipinski definition) is 1. The summed E-state index contributed by atoms with van der Waals surface area (Å²) in [7, 11) is 0. The van der Waals surface area contributed by atoms with Gasteiger partial charge in [-0.05, 0) is 55.7 Å². The molecule has 2 aliphatic heterocycles. The van der Waals surface area contributed by atoms with Crippen molar-refractivity contribution in [2.75, 3.05) is 36.4 Å². The third-order valence-corrected chi connectivity index (χ3v) is 5.62. The number of anilines is 2. The minimum atomic E-state index is 0.00381. The van der Waals surface area contributed by atoms with Crippen molar-refractivity contribution in [2.24, 2.45) is 11.8 Å². The van der Waals surface area contributed by atoms with E-state index >= 15 is 0 Å². The fourth-order valence-electron chi connectivity index (χ4n) is 3.98. The first-order valence-corrected chi connectivity index (χ1v) is 10.4. The van der Waals surface area contributed by atoms with Gasteiger partial charge in [0, 0.05) is 44.0 Å². The average Bonchev–Trinajstić information content (AvgIpc) is 3.16. The Hall–Kier alpha value is -2.04. The highest BCUT2D eigenvalue weighted by atomic mass is 16.2. The highest BCUT2D eigenvalue weighted by Gasteiger charge is 2.26. The van der Waals surface area contributed by atoms with Gasteiger partial charge in [0.1, 0.15) is 0 Å². The summed E-state index contributed by atoms with van der Waals surface area (Å²) in [6.07, 6.45) is 4.95. The fraction of sp³-hybridized carbons (Fsp3) is 0.636. The lowest BCUT2D eigenvalue weighted by molar-refractivity contribution is -0.116. The molecule has 5 nitrogen and oxygen atoms in total. The third kappa shape index (κ3) is 5.02. The van der Waals surface area contributed by atoms with E-state index in [-0.39, 0.29) is 11.8 Å². The zero-order valence-corrected chi connectivity index (χ0v) is 17.0. The molecule has 0 aromatic heterocycles. The van der Waals surface area contributed by atoms with Gasteiger partial charge in [0.25, 0.3) is 5.91 Å². The molecule has 2 aliphatic rings. The molecule has 0 bridgehead atoms. The van der Waals surface area contributed by atoms with Crippen LogP contribution in [0.4, 0.5) is 11.4 Å². The lowest BCUT2D eigenvalue weighted by atomic mass is 9.97. The Balaban J connectivity index is 1.85. The molecule has 148 valence electrons. The number of nitrogens with zero attached hydrogens (tertiary/aromatic N) is 2. The lowest BCUT2D eigenvalue weighted by Gasteiger charge is -2.34. The number of likely N-dealkylation sites (tertiary alicyclic amines) is 1. The average molecular weight is 372 g/mol. The second-order valence-electron chi connectivity index (χ2n) is 8.55. The Labute approximate surface area is 163 Å². The smallest absolute Gasteiger partial charge is 0.256 e. The molecule has 1 aromatic rings. The van der Waals surface area contributed by atoms with Crippen molar-refractivity contribution in [1.82, 2.24) is 4.90 Å². The number of piperidine rings is 1. The molecule has 1 N–H and O–H groups in total. The minimum absolute atomic E-state index is 0.00381. The van der Waals surface area contributed by atoms with Gasteiger partial charge in [0.2, 0.25) is 5.91 Å². The number of nitrogens with one attached hydrogen (secondary N) is 1. The molecule has 1 aromatic carbocycles. The van der Waals surface area contributed by atoms with E-state index in [4.69, 9.17) is 0 Å². The second kappa shape index (κ2) is 8.77. The van der Waals surface area contributed by atoms with Gasteiger partial charge < -0.3 is 15.1 Å². The summed E-state index contributed by atoms with van der Waals surface area (Å²) in [5.74, 6) is 1.16. The number of benzene rings is 1. The van der Waals surface area contributed by atoms with E-state index in [9.17, 15) is 9.59 Å². The van der Waals surface area contributed by atoms with Crippen LogP contribution < -0.4 is 10.2 Å². The topological polar surface area (TPSA) is 52.7 Å². The van der Waals surface area contributed by atoms with Crippen LogP contribution in [0.3, 0.4) is 0 Å². The first kappa shape index (κ1) is 19.7. The summed E-state index contributed by atoms with van der Waals surface area (Å²) < 4.78 is 0. The number of hydrogen-bond acceptors (Lipinski definition) is 3. The number of carbonyl (C=O) groups excluding carboxylic acids is 2. The summed E-state index contributed by atoms with van der Waals surface area (Å²) >= 11 is 0. The van der Waals surface area contributed by atoms with E-state index in [0.29, 0.717) is 12.3 Å². The van der Waals surface area contributed by atoms with Gasteiger partial charge in [-0.2, -0.15) is 0 Å². The molecule has 27 heavy (non-hydrogen) atoms. The first-order valence-electron chi connectivity index (χ1n) is 10.4. The zero-order chi connectivity index (χ0) is 19.4. The van der Waals surface area contributed by atoms with Crippen molar-refractivity contribution < 1.29 is 9.59 Å². The van der Waals surface area contributed by atoms with Crippen LogP contribution in [0.5, 0.6) is 0 Å². The van der Waals surface area contributed by atoms with Gasteiger partial charge in [0.05, 0.1) is 5.56 Å². The van der Waals surface area contributed by atoms with Crippen LogP contribution in [0.2, 0.25) is 0 Å². The van der Waals surface area contributed by atoms with Gasteiger partial charge in [-0.25, -0.2) is 0 Å². The molecule has 2 amide bonds. The standard InChI is InChI=1S/C22H33N3O2/c1-16(2)14-21(26)23-18-6-7-20(24-12-8-17(3)9-13-24)19(15-18)22(27)25-10-4-5-11-25/h6-7,15-17H,4-5,8-14H2,1-3H3,(H,23,26). The zero-order valence-electron chi connectivity index (χ0n) is 17.0. The number of carbonyl (C=O) groups is 2. The summed E-state index contributed by atoms with van der Waals surface area (Å²) in [5, 5.41) is 2.97. The minimum Gasteiger partial charge on any atom is -0.371 e. The van der Waals surface area contributed by atoms with Crippen molar-refractivity contribution in [3.63, 3.8) is 0 Å². The molecule has 5 heteroatoms. The molecule has 3 rings (SSSR count). The Morgan fingerprint density at radius 2 is 1.78 bits per heavy atom. The van der Waals surface area contributed by atoms with Crippen molar-refractivity contribution in [2.45, 2.75) is 52.9 Å².